The van der Waals surface area contributed by atoms with Crippen molar-refractivity contribution in [2.75, 3.05) is 11.9 Å². The van der Waals surface area contributed by atoms with Crippen LogP contribution >= 0.6 is 15.9 Å². The molecule has 172 valence electrons. The van der Waals surface area contributed by atoms with E-state index in [9.17, 15) is 17.6 Å². The van der Waals surface area contributed by atoms with Gasteiger partial charge in [0.05, 0.1) is 10.2 Å². The highest BCUT2D eigenvalue weighted by molar-refractivity contribution is 9.10. The third kappa shape index (κ3) is 5.06. The Morgan fingerprint density at radius 1 is 1.22 bits per heavy atom. The highest BCUT2D eigenvalue weighted by Crippen LogP contribution is 2.30. The van der Waals surface area contributed by atoms with Crippen LogP contribution in [0.1, 0.15) is 25.7 Å². The maximum atomic E-state index is 13.6. The molecule has 0 bridgehead atoms. The van der Waals surface area contributed by atoms with Crippen LogP contribution in [0.3, 0.4) is 0 Å². The number of rotatable bonds is 7. The maximum absolute atomic E-state index is 13.6. The summed E-state index contributed by atoms with van der Waals surface area (Å²) in [5, 5.41) is 19.7. The number of hydrogen-bond donors (Lipinski definition) is 3. The average Bonchev–Trinajstić information content (AvgIpc) is 3.35. The highest BCUT2D eigenvalue weighted by atomic mass is 79.9. The Bertz CT molecular complexity index is 1270. The van der Waals surface area contributed by atoms with E-state index in [1.807, 2.05) is 0 Å². The van der Waals surface area contributed by atoms with Gasteiger partial charge in [-0.2, -0.15) is 8.42 Å². The molecule has 4 N–H and O–H groups in total. The normalized spacial score (nSPS) is 19.2. The molecule has 12 nitrogen and oxygen atoms in total. The summed E-state index contributed by atoms with van der Waals surface area (Å²) in [7, 11) is -3.71. The van der Waals surface area contributed by atoms with Crippen molar-refractivity contribution in [3.63, 3.8) is 0 Å². The molecular formula is C17H19BrFN7O5S. The van der Waals surface area contributed by atoms with E-state index >= 15 is 0 Å². The van der Waals surface area contributed by atoms with Gasteiger partial charge in [0.1, 0.15) is 5.82 Å². The summed E-state index contributed by atoms with van der Waals surface area (Å²) in [6.07, 6.45) is 3.05. The molecule has 1 aliphatic rings. The Morgan fingerprint density at radius 3 is 2.66 bits per heavy atom. The van der Waals surface area contributed by atoms with Crippen LogP contribution in [0.4, 0.5) is 10.2 Å². The summed E-state index contributed by atoms with van der Waals surface area (Å²) in [4.78, 5) is 12.3. The minimum Gasteiger partial charge on any atom is -0.363 e. The smallest absolute Gasteiger partial charge is 0.363 e. The minimum atomic E-state index is -3.71. The molecular weight excluding hydrogens is 513 g/mol. The monoisotopic (exact) mass is 531 g/mol. The van der Waals surface area contributed by atoms with Crippen molar-refractivity contribution in [1.82, 2.24) is 24.8 Å². The Morgan fingerprint density at radius 2 is 1.97 bits per heavy atom. The van der Waals surface area contributed by atoms with Crippen molar-refractivity contribution in [1.29, 1.82) is 0 Å². The third-order valence-electron chi connectivity index (χ3n) is 5.23. The van der Waals surface area contributed by atoms with Crippen molar-refractivity contribution in [2.24, 2.45) is 11.1 Å². The molecule has 15 heteroatoms. The minimum absolute atomic E-state index is 0.0263. The predicted octanol–water partition coefficient (Wildman–Crippen LogP) is 1.54. The Kier molecular flexibility index (Phi) is 6.41. The molecule has 3 aromatic rings. The molecule has 4 rings (SSSR count). The van der Waals surface area contributed by atoms with Gasteiger partial charge < -0.3 is 5.32 Å². The van der Waals surface area contributed by atoms with Gasteiger partial charge in [-0.05, 0) is 76.0 Å². The van der Waals surface area contributed by atoms with Crippen LogP contribution in [0.2, 0.25) is 0 Å². The standard InChI is InChI=1S/C17H19BrFN7O5S/c18-12-7-11(5-6-13(12)19)26-16(25-30-17(26)27)14-15(24-31-23-14)22-10-3-1-9(2-4-10)8-21-32(20,28)29/h5-7,9-10,21H,1-4,8H2,(H,22,24)(H2,20,28,29). The van der Waals surface area contributed by atoms with Crippen molar-refractivity contribution in [3.05, 3.63) is 39.0 Å². The first-order valence-corrected chi connectivity index (χ1v) is 12.0. The second-order valence-electron chi connectivity index (χ2n) is 7.42. The molecule has 1 aliphatic carbocycles. The van der Waals surface area contributed by atoms with E-state index in [0.717, 1.165) is 30.3 Å². The van der Waals surface area contributed by atoms with Gasteiger partial charge in [-0.3, -0.25) is 4.52 Å². The lowest BCUT2D eigenvalue weighted by atomic mass is 9.86. The van der Waals surface area contributed by atoms with Gasteiger partial charge in [0.25, 0.3) is 10.2 Å². The van der Waals surface area contributed by atoms with E-state index < -0.39 is 21.8 Å². The van der Waals surface area contributed by atoms with E-state index in [0.29, 0.717) is 12.2 Å². The molecule has 0 unspecified atom stereocenters. The van der Waals surface area contributed by atoms with Crippen LogP contribution < -0.4 is 20.9 Å². The summed E-state index contributed by atoms with van der Waals surface area (Å²) in [5.41, 5.74) is 0.477. The lowest BCUT2D eigenvalue weighted by Crippen LogP contribution is -2.37. The van der Waals surface area contributed by atoms with Gasteiger partial charge in [-0.1, -0.05) is 5.16 Å². The predicted molar refractivity (Wildman–Crippen MR) is 114 cm³/mol. The van der Waals surface area contributed by atoms with Crippen molar-refractivity contribution in [2.45, 2.75) is 31.7 Å². The van der Waals surface area contributed by atoms with E-state index in [2.05, 4.69) is 41.4 Å². The zero-order valence-electron chi connectivity index (χ0n) is 16.5. The Labute approximate surface area is 189 Å². The molecule has 0 saturated heterocycles. The Hall–Kier alpha value is -2.62. The van der Waals surface area contributed by atoms with Crippen LogP contribution in [0, 0.1) is 11.7 Å². The largest absolute Gasteiger partial charge is 0.446 e. The number of hydrogen-bond acceptors (Lipinski definition) is 9. The molecule has 1 fully saturated rings. The number of nitrogens with zero attached hydrogens (tertiary/aromatic N) is 4. The van der Waals surface area contributed by atoms with Gasteiger partial charge in [0.2, 0.25) is 11.6 Å². The highest BCUT2D eigenvalue weighted by Gasteiger charge is 2.27. The second kappa shape index (κ2) is 9.09. The molecule has 0 atom stereocenters. The first kappa shape index (κ1) is 22.6. The fourth-order valence-electron chi connectivity index (χ4n) is 3.62. The van der Waals surface area contributed by atoms with E-state index in [1.165, 1.54) is 18.2 Å². The SMILES string of the molecule is NS(=O)(=O)NCC1CCC(Nc2nonc2-c2noc(=O)n2-c2ccc(F)c(Br)c2)CC1. The maximum Gasteiger partial charge on any atom is 0.446 e. The number of benzene rings is 1. The molecule has 0 aliphatic heterocycles. The molecule has 32 heavy (non-hydrogen) atoms. The number of nitrogens with one attached hydrogen (secondary N) is 2. The van der Waals surface area contributed by atoms with Gasteiger partial charge in [0, 0.05) is 12.6 Å². The molecule has 2 heterocycles. The topological polar surface area (TPSA) is 171 Å². The molecule has 2 aromatic heterocycles. The lowest BCUT2D eigenvalue weighted by molar-refractivity contribution is 0.306. The van der Waals surface area contributed by atoms with Gasteiger partial charge in [-0.25, -0.2) is 28.2 Å². The average molecular weight is 532 g/mol. The van der Waals surface area contributed by atoms with Gasteiger partial charge >= 0.3 is 5.76 Å². The second-order valence-corrected chi connectivity index (χ2v) is 9.66. The van der Waals surface area contributed by atoms with Crippen molar-refractivity contribution < 1.29 is 22.0 Å². The van der Waals surface area contributed by atoms with E-state index in [-0.39, 0.29) is 33.8 Å². The first-order valence-electron chi connectivity index (χ1n) is 9.62. The molecule has 0 radical (unpaired) electrons. The van der Waals surface area contributed by atoms with Gasteiger partial charge in [-0.15, -0.1) is 0 Å². The van der Waals surface area contributed by atoms with E-state index in [4.69, 9.17) is 14.3 Å². The molecule has 0 spiro atoms. The van der Waals surface area contributed by atoms with E-state index in [1.54, 1.807) is 0 Å². The fourth-order valence-corrected chi connectivity index (χ4v) is 4.45. The zero-order valence-corrected chi connectivity index (χ0v) is 18.9. The van der Waals surface area contributed by atoms with Crippen molar-refractivity contribution >= 4 is 32.0 Å². The van der Waals surface area contributed by atoms with Crippen LogP contribution in [0.25, 0.3) is 17.2 Å². The summed E-state index contributed by atoms with van der Waals surface area (Å²) < 4.78 is 49.0. The molecule has 1 aromatic carbocycles. The molecule has 0 amide bonds. The van der Waals surface area contributed by atoms with Crippen LogP contribution in [-0.4, -0.2) is 41.0 Å². The number of anilines is 1. The lowest BCUT2D eigenvalue weighted by Gasteiger charge is -2.28. The quantitative estimate of drug-likeness (QED) is 0.408. The number of nitrogens with two attached hydrogens (primary N) is 1. The number of aromatic nitrogens is 4. The van der Waals surface area contributed by atoms with Crippen LogP contribution in [-0.2, 0) is 10.2 Å². The summed E-state index contributed by atoms with van der Waals surface area (Å²) in [5.74, 6) is -0.767. The van der Waals surface area contributed by atoms with Crippen molar-refractivity contribution in [3.8, 4) is 17.2 Å². The van der Waals surface area contributed by atoms with Gasteiger partial charge in [0.15, 0.2) is 5.69 Å². The summed E-state index contributed by atoms with van der Waals surface area (Å²) in [6.45, 7) is 0.292. The summed E-state index contributed by atoms with van der Waals surface area (Å²) in [6, 6.07) is 4.04. The number of halogens is 2. The Balaban J connectivity index is 1.50. The zero-order chi connectivity index (χ0) is 22.9. The third-order valence-corrected chi connectivity index (χ3v) is 6.40. The van der Waals surface area contributed by atoms with Crippen LogP contribution in [0.15, 0.2) is 36.6 Å². The first-order chi connectivity index (χ1) is 15.2. The molecule has 1 saturated carbocycles. The fraction of sp³-hybridized carbons (Fsp3) is 0.412. The van der Waals surface area contributed by atoms with Crippen LogP contribution in [0.5, 0.6) is 0 Å². The summed E-state index contributed by atoms with van der Waals surface area (Å²) >= 11 is 3.09.